The van der Waals surface area contributed by atoms with Gasteiger partial charge < -0.3 is 10.6 Å². The molecule has 2 rings (SSSR count). The molecule has 0 saturated carbocycles. The highest BCUT2D eigenvalue weighted by molar-refractivity contribution is 6.28. The van der Waals surface area contributed by atoms with Crippen LogP contribution in [0.25, 0.3) is 5.57 Å². The molecule has 2 N–H and O–H groups in total. The zero-order valence-electron chi connectivity index (χ0n) is 9.74. The van der Waals surface area contributed by atoms with Crippen LogP contribution in [-0.2, 0) is 0 Å². The number of nitrogens with zero attached hydrogens (tertiary/aromatic N) is 4. The number of allylic oxidation sites excluding steroid dienone is 3. The summed E-state index contributed by atoms with van der Waals surface area (Å²) in [4.78, 5) is 12.0. The monoisotopic (exact) mass is 262 g/mol. The highest BCUT2D eigenvalue weighted by Crippen LogP contribution is 2.20. The average Bonchev–Trinajstić information content (AvgIpc) is 2.40. The molecule has 0 aliphatic carbocycles. The van der Waals surface area contributed by atoms with Crippen molar-refractivity contribution in [1.82, 2.24) is 20.3 Å². The third-order valence-corrected chi connectivity index (χ3v) is 2.57. The Morgan fingerprint density at radius 3 is 2.94 bits per heavy atom. The van der Waals surface area contributed by atoms with E-state index in [1.807, 2.05) is 6.08 Å². The quantitative estimate of drug-likeness (QED) is 0.789. The number of nitrogens with one attached hydrogen (secondary N) is 2. The Morgan fingerprint density at radius 1 is 1.50 bits per heavy atom. The molecule has 18 heavy (non-hydrogen) atoms. The van der Waals surface area contributed by atoms with E-state index in [-0.39, 0.29) is 11.1 Å². The summed E-state index contributed by atoms with van der Waals surface area (Å²) in [7, 11) is 1.68. The van der Waals surface area contributed by atoms with Gasteiger partial charge in [0.2, 0.25) is 11.2 Å². The molecule has 0 atom stereocenters. The van der Waals surface area contributed by atoms with Gasteiger partial charge in [0.05, 0.1) is 0 Å². The molecule has 0 unspecified atom stereocenters. The molecule has 1 aromatic heterocycles. The molecule has 0 bridgehead atoms. The van der Waals surface area contributed by atoms with Gasteiger partial charge in [-0.3, -0.25) is 0 Å². The molecule has 1 aliphatic heterocycles. The number of halogens is 1. The molecule has 1 aliphatic rings. The summed E-state index contributed by atoms with van der Waals surface area (Å²) < 4.78 is 0. The van der Waals surface area contributed by atoms with Crippen LogP contribution in [0.3, 0.4) is 0 Å². The van der Waals surface area contributed by atoms with Crippen LogP contribution in [0.15, 0.2) is 18.0 Å². The predicted octanol–water partition coefficient (Wildman–Crippen LogP) is 1.70. The average molecular weight is 263 g/mol. The van der Waals surface area contributed by atoms with Crippen molar-refractivity contribution in [3.8, 4) is 6.07 Å². The Bertz CT molecular complexity index is 557. The summed E-state index contributed by atoms with van der Waals surface area (Å²) in [6.45, 7) is 0. The summed E-state index contributed by atoms with van der Waals surface area (Å²) in [5.41, 5.74) is 1.18. The third-order valence-electron chi connectivity index (χ3n) is 2.41. The molecule has 0 saturated heterocycles. The van der Waals surface area contributed by atoms with Crippen LogP contribution in [0, 0.1) is 11.3 Å². The predicted molar refractivity (Wildman–Crippen MR) is 68.4 cm³/mol. The van der Waals surface area contributed by atoms with E-state index in [0.29, 0.717) is 11.5 Å². The van der Waals surface area contributed by atoms with Crippen molar-refractivity contribution in [1.29, 1.82) is 5.26 Å². The summed E-state index contributed by atoms with van der Waals surface area (Å²) in [5.74, 6) is 0.615. The minimum atomic E-state index is 0.0593. The van der Waals surface area contributed by atoms with E-state index >= 15 is 0 Å². The molecule has 0 amide bonds. The first-order chi connectivity index (χ1) is 8.74. The van der Waals surface area contributed by atoms with Gasteiger partial charge >= 0.3 is 0 Å². The highest BCUT2D eigenvalue weighted by Gasteiger charge is 2.15. The van der Waals surface area contributed by atoms with Gasteiger partial charge in [0.15, 0.2) is 5.82 Å². The molecule has 0 aromatic carbocycles. The second kappa shape index (κ2) is 5.47. The maximum atomic E-state index is 9.25. The smallest absolute Gasteiger partial charge is 0.227 e. The minimum Gasteiger partial charge on any atom is -0.364 e. The molecular weight excluding hydrogens is 252 g/mol. The van der Waals surface area contributed by atoms with Crippen LogP contribution in [0.1, 0.15) is 18.7 Å². The fourth-order valence-electron chi connectivity index (χ4n) is 1.57. The Kier molecular flexibility index (Phi) is 3.75. The summed E-state index contributed by atoms with van der Waals surface area (Å²) in [5, 5.41) is 15.1. The van der Waals surface area contributed by atoms with Crippen LogP contribution in [0.2, 0.25) is 5.28 Å². The van der Waals surface area contributed by atoms with Crippen molar-refractivity contribution in [2.75, 3.05) is 12.4 Å². The van der Waals surface area contributed by atoms with Crippen molar-refractivity contribution in [2.45, 2.75) is 12.8 Å². The van der Waals surface area contributed by atoms with Gasteiger partial charge in [0, 0.05) is 12.7 Å². The number of anilines is 1. The first-order valence-electron chi connectivity index (χ1n) is 5.39. The van der Waals surface area contributed by atoms with Crippen molar-refractivity contribution >= 4 is 23.1 Å². The Morgan fingerprint density at radius 2 is 2.33 bits per heavy atom. The second-order valence-corrected chi connectivity index (χ2v) is 3.89. The molecule has 1 aromatic rings. The van der Waals surface area contributed by atoms with E-state index in [9.17, 15) is 5.26 Å². The number of aromatic nitrogens is 3. The lowest BCUT2D eigenvalue weighted by atomic mass is 10.1. The zero-order chi connectivity index (χ0) is 13.0. The normalized spacial score (nSPS) is 16.7. The highest BCUT2D eigenvalue weighted by atomic mass is 35.5. The Balaban J connectivity index is 2.48. The summed E-state index contributed by atoms with van der Waals surface area (Å²) in [6, 6.07) is 2.11. The molecule has 0 spiro atoms. The van der Waals surface area contributed by atoms with Crippen LogP contribution in [-0.4, -0.2) is 22.0 Å². The van der Waals surface area contributed by atoms with E-state index in [1.54, 1.807) is 13.2 Å². The molecule has 2 heterocycles. The van der Waals surface area contributed by atoms with Gasteiger partial charge in [-0.25, -0.2) is 0 Å². The van der Waals surface area contributed by atoms with Gasteiger partial charge in [-0.05, 0) is 30.6 Å². The van der Waals surface area contributed by atoms with E-state index in [0.717, 1.165) is 18.5 Å². The van der Waals surface area contributed by atoms with Gasteiger partial charge in [0.1, 0.15) is 11.6 Å². The van der Waals surface area contributed by atoms with Crippen molar-refractivity contribution in [3.63, 3.8) is 0 Å². The second-order valence-electron chi connectivity index (χ2n) is 3.55. The first kappa shape index (κ1) is 12.3. The Hall–Kier alpha value is -2.13. The summed E-state index contributed by atoms with van der Waals surface area (Å²) in [6.07, 6.45) is 5.43. The fourth-order valence-corrected chi connectivity index (χ4v) is 1.73. The van der Waals surface area contributed by atoms with E-state index < -0.39 is 0 Å². The third kappa shape index (κ3) is 2.57. The van der Waals surface area contributed by atoms with Crippen LogP contribution >= 0.6 is 11.6 Å². The SMILES string of the molecule is CNc1nc(Cl)nc(/C(C#N)=C2/CCC=CN2)n1. The minimum absolute atomic E-state index is 0.0593. The Labute approximate surface area is 109 Å². The molecule has 7 heteroatoms. The van der Waals surface area contributed by atoms with Crippen molar-refractivity contribution < 1.29 is 0 Å². The van der Waals surface area contributed by atoms with E-state index in [1.165, 1.54) is 0 Å². The van der Waals surface area contributed by atoms with Gasteiger partial charge in [0.25, 0.3) is 0 Å². The van der Waals surface area contributed by atoms with Crippen LogP contribution < -0.4 is 10.6 Å². The number of rotatable bonds is 2. The largest absolute Gasteiger partial charge is 0.364 e. The van der Waals surface area contributed by atoms with Gasteiger partial charge in [-0.15, -0.1) is 0 Å². The molecule has 0 fully saturated rings. The van der Waals surface area contributed by atoms with E-state index in [4.69, 9.17) is 11.6 Å². The topological polar surface area (TPSA) is 86.5 Å². The maximum absolute atomic E-state index is 9.25. The number of hydrogen-bond acceptors (Lipinski definition) is 6. The fraction of sp³-hybridized carbons (Fsp3) is 0.273. The van der Waals surface area contributed by atoms with Crippen LogP contribution in [0.5, 0.6) is 0 Å². The lowest BCUT2D eigenvalue weighted by molar-refractivity contribution is 0.839. The number of hydrogen-bond donors (Lipinski definition) is 2. The molecule has 92 valence electrons. The lowest BCUT2D eigenvalue weighted by Crippen LogP contribution is -2.13. The number of nitriles is 1. The molecule has 0 radical (unpaired) electrons. The first-order valence-corrected chi connectivity index (χ1v) is 5.77. The molecular formula is C11H11ClN6. The van der Waals surface area contributed by atoms with Crippen LogP contribution in [0.4, 0.5) is 5.95 Å². The molecule has 6 nitrogen and oxygen atoms in total. The standard InChI is InChI=1S/C11H11ClN6/c1-14-11-17-9(16-10(12)18-11)7(6-13)8-4-2-3-5-15-8/h3,5,15H,2,4H2,1H3,(H,14,16,17,18)/b8-7-. The summed E-state index contributed by atoms with van der Waals surface area (Å²) >= 11 is 5.80. The maximum Gasteiger partial charge on any atom is 0.227 e. The van der Waals surface area contributed by atoms with Gasteiger partial charge in [-0.2, -0.15) is 20.2 Å². The lowest BCUT2D eigenvalue weighted by Gasteiger charge is -2.13. The van der Waals surface area contributed by atoms with E-state index in [2.05, 4.69) is 31.7 Å². The van der Waals surface area contributed by atoms with Crippen molar-refractivity contribution in [3.05, 3.63) is 29.1 Å². The zero-order valence-corrected chi connectivity index (χ0v) is 10.5. The van der Waals surface area contributed by atoms with Crippen molar-refractivity contribution in [2.24, 2.45) is 0 Å². The van der Waals surface area contributed by atoms with Gasteiger partial charge in [-0.1, -0.05) is 6.08 Å².